The van der Waals surface area contributed by atoms with E-state index in [9.17, 15) is 55.9 Å². The first-order valence-electron chi connectivity index (χ1n) is 29.0. The first kappa shape index (κ1) is 66.0. The normalized spacial score (nSPS) is 26.6. The smallest absolute Gasteiger partial charge is 0.249 e. The van der Waals surface area contributed by atoms with Crippen molar-refractivity contribution < 1.29 is 74.8 Å². The van der Waals surface area contributed by atoms with Crippen molar-refractivity contribution in [3.8, 4) is 0 Å². The van der Waals surface area contributed by atoms with Gasteiger partial charge >= 0.3 is 0 Å². The Morgan fingerprint density at radius 3 is 1.21 bits per heavy atom. The third-order valence-electron chi connectivity index (χ3n) is 14.8. The maximum absolute atomic E-state index is 13.4. The molecule has 0 aliphatic carbocycles. The van der Waals surface area contributed by atoms with Crippen molar-refractivity contribution in [1.29, 1.82) is 0 Å². The van der Waals surface area contributed by atoms with Crippen molar-refractivity contribution in [3.05, 3.63) is 0 Å². The van der Waals surface area contributed by atoms with E-state index in [4.69, 9.17) is 18.9 Å². The standard InChI is InChI=1S/C55H107NO15/c1-3-5-7-9-11-13-15-17-19-20-21-23-25-27-29-31-33-35-37-43(60)53(67)56-41(46(61)42(59)36-34-32-30-28-26-24-22-18-16-14-12-10-8-6-4-2)40-68-55-52(50(65)48(63)45(39-58)70-55)71-54-51(66)49(64)47(62)44(38-57)69-54/h41-52,54-55,57-66H,3-40H2,1-2H3,(H,56,67). The quantitative estimate of drug-likeness (QED) is 0.0277. The molecule has 2 aliphatic rings. The van der Waals surface area contributed by atoms with E-state index in [0.717, 1.165) is 51.4 Å². The van der Waals surface area contributed by atoms with Gasteiger partial charge in [0.1, 0.15) is 61.0 Å². The Morgan fingerprint density at radius 2 is 0.817 bits per heavy atom. The summed E-state index contributed by atoms with van der Waals surface area (Å²) in [5, 5.41) is 109. The van der Waals surface area contributed by atoms with Crippen LogP contribution in [0.1, 0.15) is 239 Å². The third-order valence-corrected chi connectivity index (χ3v) is 14.8. The second-order valence-electron chi connectivity index (χ2n) is 21.1. The predicted molar refractivity (Wildman–Crippen MR) is 275 cm³/mol. The van der Waals surface area contributed by atoms with Crippen molar-refractivity contribution in [2.45, 2.75) is 324 Å². The molecule has 2 heterocycles. The lowest BCUT2D eigenvalue weighted by atomic mass is 9.97. The molecular formula is C55H107NO15. The van der Waals surface area contributed by atoms with Crippen molar-refractivity contribution in [2.24, 2.45) is 0 Å². The Bertz CT molecular complexity index is 1240. The first-order chi connectivity index (χ1) is 34.4. The van der Waals surface area contributed by atoms with Crippen LogP contribution in [0.15, 0.2) is 0 Å². The maximum Gasteiger partial charge on any atom is 0.249 e. The molecule has 2 fully saturated rings. The van der Waals surface area contributed by atoms with Gasteiger partial charge in [0.2, 0.25) is 5.91 Å². The van der Waals surface area contributed by atoms with Crippen molar-refractivity contribution in [3.63, 3.8) is 0 Å². The minimum Gasteiger partial charge on any atom is -0.394 e. The molecule has 0 bridgehead atoms. The molecule has 14 atom stereocenters. The summed E-state index contributed by atoms with van der Waals surface area (Å²) in [5.41, 5.74) is 0. The van der Waals surface area contributed by atoms with E-state index >= 15 is 0 Å². The van der Waals surface area contributed by atoms with E-state index in [1.807, 2.05) is 0 Å². The number of carbonyl (C=O) groups excluding carboxylic acids is 1. The zero-order valence-electron chi connectivity index (χ0n) is 44.5. The van der Waals surface area contributed by atoms with E-state index < -0.39 is 111 Å². The van der Waals surface area contributed by atoms with Crippen LogP contribution in [-0.2, 0) is 23.7 Å². The Morgan fingerprint density at radius 1 is 0.465 bits per heavy atom. The number of rotatable bonds is 46. The molecular weight excluding hydrogens is 915 g/mol. The van der Waals surface area contributed by atoms with Crippen molar-refractivity contribution in [1.82, 2.24) is 5.32 Å². The Kier molecular flexibility index (Phi) is 39.1. The second kappa shape index (κ2) is 42.1. The summed E-state index contributed by atoms with van der Waals surface area (Å²) in [7, 11) is 0. The number of ether oxygens (including phenoxy) is 4. The fraction of sp³-hybridized carbons (Fsp3) is 0.982. The highest BCUT2D eigenvalue weighted by Crippen LogP contribution is 2.30. The van der Waals surface area contributed by atoms with Gasteiger partial charge in [-0.25, -0.2) is 0 Å². The summed E-state index contributed by atoms with van der Waals surface area (Å²) in [4.78, 5) is 13.4. The number of unbranched alkanes of at least 4 members (excludes halogenated alkanes) is 31. The summed E-state index contributed by atoms with van der Waals surface area (Å²) >= 11 is 0. The number of hydrogen-bond donors (Lipinski definition) is 11. The van der Waals surface area contributed by atoms with Gasteiger partial charge in [-0.1, -0.05) is 226 Å². The predicted octanol–water partition coefficient (Wildman–Crippen LogP) is 6.89. The Hall–Kier alpha value is -1.09. The molecule has 0 aromatic carbocycles. The highest BCUT2D eigenvalue weighted by molar-refractivity contribution is 5.80. The van der Waals surface area contributed by atoms with Crippen LogP contribution in [0.4, 0.5) is 0 Å². The summed E-state index contributed by atoms with van der Waals surface area (Å²) < 4.78 is 22.9. The average Bonchev–Trinajstić information content (AvgIpc) is 3.37. The molecule has 0 aromatic rings. The molecule has 1 amide bonds. The van der Waals surface area contributed by atoms with Gasteiger partial charge in [0.15, 0.2) is 12.6 Å². The highest BCUT2D eigenvalue weighted by atomic mass is 16.8. The van der Waals surface area contributed by atoms with Gasteiger partial charge in [0.25, 0.3) is 0 Å². The van der Waals surface area contributed by atoms with Crippen LogP contribution in [-0.4, -0.2) is 163 Å². The Labute approximate surface area is 429 Å². The molecule has 0 radical (unpaired) electrons. The topological polar surface area (TPSA) is 268 Å². The number of amides is 1. The van der Waals surface area contributed by atoms with Crippen LogP contribution in [0.3, 0.4) is 0 Å². The fourth-order valence-corrected chi connectivity index (χ4v) is 9.91. The second-order valence-corrected chi connectivity index (χ2v) is 21.1. The van der Waals surface area contributed by atoms with E-state index in [2.05, 4.69) is 19.2 Å². The van der Waals surface area contributed by atoms with Gasteiger partial charge in [0.05, 0.1) is 32.0 Å². The molecule has 14 unspecified atom stereocenters. The van der Waals surface area contributed by atoms with Crippen LogP contribution in [0.25, 0.3) is 0 Å². The summed E-state index contributed by atoms with van der Waals surface area (Å²) in [6.07, 6.45) is 19.1. The molecule has 2 rings (SSSR count). The first-order valence-corrected chi connectivity index (χ1v) is 29.0. The zero-order chi connectivity index (χ0) is 52.1. The average molecular weight is 1020 g/mol. The summed E-state index contributed by atoms with van der Waals surface area (Å²) in [5.74, 6) is -0.772. The number of nitrogens with one attached hydrogen (secondary N) is 1. The lowest BCUT2D eigenvalue weighted by Gasteiger charge is -2.46. The highest BCUT2D eigenvalue weighted by Gasteiger charge is 2.51. The molecule has 0 aromatic heterocycles. The molecule has 71 heavy (non-hydrogen) atoms. The monoisotopic (exact) mass is 1020 g/mol. The number of aliphatic hydroxyl groups excluding tert-OH is 10. The minimum absolute atomic E-state index is 0.193. The third kappa shape index (κ3) is 28.0. The van der Waals surface area contributed by atoms with Crippen LogP contribution in [0.5, 0.6) is 0 Å². The van der Waals surface area contributed by atoms with Crippen molar-refractivity contribution in [2.75, 3.05) is 19.8 Å². The van der Waals surface area contributed by atoms with E-state index in [0.29, 0.717) is 12.8 Å². The summed E-state index contributed by atoms with van der Waals surface area (Å²) in [6, 6.07) is -1.31. The maximum atomic E-state index is 13.4. The molecule has 16 heteroatoms. The molecule has 2 aliphatic heterocycles. The van der Waals surface area contributed by atoms with Crippen LogP contribution in [0, 0.1) is 0 Å². The molecule has 0 saturated carbocycles. The van der Waals surface area contributed by atoms with Crippen molar-refractivity contribution >= 4 is 5.91 Å². The van der Waals surface area contributed by atoms with Gasteiger partial charge in [-0.15, -0.1) is 0 Å². The lowest BCUT2D eigenvalue weighted by molar-refractivity contribution is -0.368. The minimum atomic E-state index is -1.87. The van der Waals surface area contributed by atoms with E-state index in [1.165, 1.54) is 148 Å². The molecule has 422 valence electrons. The van der Waals surface area contributed by atoms with Crippen LogP contribution < -0.4 is 5.32 Å². The largest absolute Gasteiger partial charge is 0.394 e. The molecule has 11 N–H and O–H groups in total. The van der Waals surface area contributed by atoms with Crippen LogP contribution in [0.2, 0.25) is 0 Å². The number of carbonyl (C=O) groups is 1. The van der Waals surface area contributed by atoms with Gasteiger partial charge in [-0.3, -0.25) is 4.79 Å². The summed E-state index contributed by atoms with van der Waals surface area (Å²) in [6.45, 7) is 2.43. The van der Waals surface area contributed by atoms with Gasteiger partial charge in [0, 0.05) is 0 Å². The lowest BCUT2D eigenvalue weighted by Crippen LogP contribution is -2.65. The fourth-order valence-electron chi connectivity index (χ4n) is 9.91. The number of aliphatic hydroxyl groups is 10. The van der Waals surface area contributed by atoms with Crippen LogP contribution >= 0.6 is 0 Å². The van der Waals surface area contributed by atoms with Gasteiger partial charge < -0.3 is 75.3 Å². The Balaban J connectivity index is 1.90. The van der Waals surface area contributed by atoms with E-state index in [-0.39, 0.29) is 12.8 Å². The van der Waals surface area contributed by atoms with Gasteiger partial charge in [-0.05, 0) is 12.8 Å². The SMILES string of the molecule is CCCCCCCCCCCCCCCCCCCCC(O)C(=O)NC(COC1OC(CO)C(O)C(O)C1OC1OC(CO)C(O)C(O)C1O)C(O)C(O)CCCCCCCCCCCCCCCCC. The molecule has 16 nitrogen and oxygen atoms in total. The molecule has 2 saturated heterocycles. The molecule has 0 spiro atoms. The van der Waals surface area contributed by atoms with E-state index in [1.54, 1.807) is 0 Å². The number of hydrogen-bond acceptors (Lipinski definition) is 15. The van der Waals surface area contributed by atoms with Gasteiger partial charge in [-0.2, -0.15) is 0 Å². The zero-order valence-corrected chi connectivity index (χ0v) is 44.5.